The maximum absolute atomic E-state index is 12.1. The van der Waals surface area contributed by atoms with Gasteiger partial charge in [-0.3, -0.25) is 9.89 Å². The van der Waals surface area contributed by atoms with Gasteiger partial charge in [-0.25, -0.2) is 0 Å². The predicted molar refractivity (Wildman–Crippen MR) is 76.4 cm³/mol. The molecule has 19 heavy (non-hydrogen) atoms. The second kappa shape index (κ2) is 5.75. The summed E-state index contributed by atoms with van der Waals surface area (Å²) in [5, 5.41) is 10.0. The van der Waals surface area contributed by atoms with Crippen LogP contribution in [-0.2, 0) is 6.42 Å². The number of aryl methyl sites for hydroxylation is 1. The number of amides is 1. The van der Waals surface area contributed by atoms with Crippen molar-refractivity contribution in [2.24, 2.45) is 0 Å². The zero-order chi connectivity index (χ0) is 13.8. The van der Waals surface area contributed by atoms with Crippen LogP contribution in [0, 0.1) is 0 Å². The minimum absolute atomic E-state index is 0.324. The Balaban J connectivity index is 2.13. The van der Waals surface area contributed by atoms with E-state index in [1.165, 1.54) is 6.07 Å². The smallest absolute Gasteiger partial charge is 0.259 e. The van der Waals surface area contributed by atoms with Crippen LogP contribution in [0.4, 0.5) is 11.5 Å². The fourth-order valence-corrected chi connectivity index (χ4v) is 1.90. The van der Waals surface area contributed by atoms with Gasteiger partial charge in [0.25, 0.3) is 5.91 Å². The minimum Gasteiger partial charge on any atom is -0.398 e. The van der Waals surface area contributed by atoms with Crippen LogP contribution in [-0.4, -0.2) is 16.1 Å². The van der Waals surface area contributed by atoms with Crippen molar-refractivity contribution < 1.29 is 4.79 Å². The molecule has 5 nitrogen and oxygen atoms in total. The minimum atomic E-state index is -0.324. The highest BCUT2D eigenvalue weighted by Crippen LogP contribution is 2.19. The van der Waals surface area contributed by atoms with Crippen molar-refractivity contribution in [1.29, 1.82) is 0 Å². The van der Waals surface area contributed by atoms with Crippen molar-refractivity contribution in [3.05, 3.63) is 40.5 Å². The molecule has 4 N–H and O–H groups in total. The lowest BCUT2D eigenvalue weighted by Gasteiger charge is -2.05. The molecule has 0 bridgehead atoms. The number of carbonyl (C=O) groups is 1. The van der Waals surface area contributed by atoms with Crippen LogP contribution in [0.15, 0.2) is 24.3 Å². The molecule has 100 valence electrons. The molecular formula is C13H15ClN4O. The molecule has 0 spiro atoms. The molecule has 0 fully saturated rings. The maximum atomic E-state index is 12.1. The molecule has 0 aliphatic rings. The molecule has 2 rings (SSSR count). The van der Waals surface area contributed by atoms with Crippen LogP contribution in [0.5, 0.6) is 0 Å². The number of nitrogens with zero attached hydrogens (tertiary/aromatic N) is 1. The predicted octanol–water partition coefficient (Wildman–Crippen LogP) is 2.85. The highest BCUT2D eigenvalue weighted by Gasteiger charge is 2.12. The maximum Gasteiger partial charge on any atom is 0.259 e. The summed E-state index contributed by atoms with van der Waals surface area (Å²) in [6, 6.07) is 6.58. The molecule has 0 atom stereocenters. The first kappa shape index (κ1) is 13.4. The zero-order valence-corrected chi connectivity index (χ0v) is 11.3. The Morgan fingerprint density at radius 3 is 3.00 bits per heavy atom. The molecule has 0 saturated heterocycles. The number of aromatic nitrogens is 2. The van der Waals surface area contributed by atoms with Gasteiger partial charge in [-0.2, -0.15) is 5.10 Å². The number of rotatable bonds is 4. The van der Waals surface area contributed by atoms with Gasteiger partial charge in [0.1, 0.15) is 0 Å². The first-order valence-corrected chi connectivity index (χ1v) is 6.38. The lowest BCUT2D eigenvalue weighted by Crippen LogP contribution is -2.14. The van der Waals surface area contributed by atoms with Crippen molar-refractivity contribution in [3.63, 3.8) is 0 Å². The summed E-state index contributed by atoms with van der Waals surface area (Å²) in [7, 11) is 0. The highest BCUT2D eigenvalue weighted by atomic mass is 35.5. The van der Waals surface area contributed by atoms with E-state index in [0.29, 0.717) is 22.1 Å². The Hall–Kier alpha value is -2.01. The Kier molecular flexibility index (Phi) is 4.06. The molecule has 0 unspecified atom stereocenters. The Bertz CT molecular complexity index is 594. The number of nitrogens with two attached hydrogens (primary N) is 1. The molecule has 6 heteroatoms. The monoisotopic (exact) mass is 278 g/mol. The molecule has 1 aromatic heterocycles. The Morgan fingerprint density at radius 2 is 2.26 bits per heavy atom. The molecule has 1 amide bonds. The van der Waals surface area contributed by atoms with Crippen LogP contribution in [0.25, 0.3) is 0 Å². The van der Waals surface area contributed by atoms with Crippen molar-refractivity contribution in [2.75, 3.05) is 11.1 Å². The molecule has 0 radical (unpaired) electrons. The third-order valence-corrected chi connectivity index (χ3v) is 2.89. The van der Waals surface area contributed by atoms with Gasteiger partial charge < -0.3 is 11.1 Å². The average molecular weight is 279 g/mol. The summed E-state index contributed by atoms with van der Waals surface area (Å²) in [6.45, 7) is 2.08. The van der Waals surface area contributed by atoms with Gasteiger partial charge in [-0.1, -0.05) is 24.9 Å². The van der Waals surface area contributed by atoms with Gasteiger partial charge in [0.15, 0.2) is 5.82 Å². The number of nitrogens with one attached hydrogen (secondary N) is 2. The first-order valence-electron chi connectivity index (χ1n) is 6.01. The van der Waals surface area contributed by atoms with E-state index in [1.807, 2.05) is 6.07 Å². The van der Waals surface area contributed by atoms with E-state index in [-0.39, 0.29) is 5.91 Å². The number of benzene rings is 1. The second-order valence-corrected chi connectivity index (χ2v) is 4.65. The molecule has 0 saturated carbocycles. The Morgan fingerprint density at radius 1 is 1.47 bits per heavy atom. The molecular weight excluding hydrogens is 264 g/mol. The fourth-order valence-electron chi connectivity index (χ4n) is 1.73. The second-order valence-electron chi connectivity index (χ2n) is 4.21. The van der Waals surface area contributed by atoms with Crippen LogP contribution in [0.2, 0.25) is 5.02 Å². The van der Waals surface area contributed by atoms with E-state index in [1.54, 1.807) is 12.1 Å². The standard InChI is InChI=1S/C13H15ClN4O/c1-2-3-9-7-12(18-17-9)16-13(19)10-6-8(14)4-5-11(10)15/h4-7H,2-3,15H2,1H3,(H2,16,17,18,19). The van der Waals surface area contributed by atoms with Crippen LogP contribution in [0.3, 0.4) is 0 Å². The summed E-state index contributed by atoms with van der Waals surface area (Å²) in [6.07, 6.45) is 1.90. The van der Waals surface area contributed by atoms with Crippen LogP contribution < -0.4 is 11.1 Å². The van der Waals surface area contributed by atoms with Crippen molar-refractivity contribution in [1.82, 2.24) is 10.2 Å². The van der Waals surface area contributed by atoms with Gasteiger partial charge >= 0.3 is 0 Å². The Labute approximate surface area is 116 Å². The normalized spacial score (nSPS) is 10.4. The van der Waals surface area contributed by atoms with Gasteiger partial charge in [0, 0.05) is 22.5 Å². The number of halogens is 1. The molecule has 1 aromatic carbocycles. The van der Waals surface area contributed by atoms with E-state index < -0.39 is 0 Å². The third-order valence-electron chi connectivity index (χ3n) is 2.65. The number of aromatic amines is 1. The third kappa shape index (κ3) is 3.26. The highest BCUT2D eigenvalue weighted by molar-refractivity contribution is 6.31. The van der Waals surface area contributed by atoms with E-state index >= 15 is 0 Å². The van der Waals surface area contributed by atoms with Gasteiger partial charge in [-0.15, -0.1) is 0 Å². The fraction of sp³-hybridized carbons (Fsp3) is 0.231. The lowest BCUT2D eigenvalue weighted by atomic mass is 10.1. The SMILES string of the molecule is CCCc1cc(NC(=O)c2cc(Cl)ccc2N)n[nH]1. The summed E-state index contributed by atoms with van der Waals surface area (Å²) >= 11 is 5.85. The van der Waals surface area contributed by atoms with Gasteiger partial charge in [0.2, 0.25) is 0 Å². The zero-order valence-electron chi connectivity index (χ0n) is 10.5. The number of hydrogen-bond acceptors (Lipinski definition) is 3. The number of carbonyl (C=O) groups excluding carboxylic acids is 1. The summed E-state index contributed by atoms with van der Waals surface area (Å²) < 4.78 is 0. The number of nitrogen functional groups attached to an aromatic ring is 1. The van der Waals surface area contributed by atoms with E-state index in [0.717, 1.165) is 18.5 Å². The average Bonchev–Trinajstić information content (AvgIpc) is 2.80. The van der Waals surface area contributed by atoms with E-state index in [4.69, 9.17) is 17.3 Å². The number of hydrogen-bond donors (Lipinski definition) is 3. The summed E-state index contributed by atoms with van der Waals surface area (Å²) in [4.78, 5) is 12.1. The quantitative estimate of drug-likeness (QED) is 0.752. The van der Waals surface area contributed by atoms with Gasteiger partial charge in [-0.05, 0) is 24.6 Å². The number of anilines is 2. The lowest BCUT2D eigenvalue weighted by molar-refractivity contribution is 0.102. The number of H-pyrrole nitrogens is 1. The summed E-state index contributed by atoms with van der Waals surface area (Å²) in [5.41, 5.74) is 7.45. The van der Waals surface area contributed by atoms with Crippen molar-refractivity contribution in [3.8, 4) is 0 Å². The van der Waals surface area contributed by atoms with Crippen LogP contribution >= 0.6 is 11.6 Å². The first-order chi connectivity index (χ1) is 9.10. The van der Waals surface area contributed by atoms with E-state index in [2.05, 4.69) is 22.4 Å². The molecule has 0 aliphatic carbocycles. The van der Waals surface area contributed by atoms with Crippen molar-refractivity contribution >= 4 is 29.0 Å². The van der Waals surface area contributed by atoms with Crippen molar-refractivity contribution in [2.45, 2.75) is 19.8 Å². The molecule has 0 aliphatic heterocycles. The van der Waals surface area contributed by atoms with E-state index in [9.17, 15) is 4.79 Å². The topological polar surface area (TPSA) is 83.8 Å². The molecule has 1 heterocycles. The largest absolute Gasteiger partial charge is 0.398 e. The summed E-state index contributed by atoms with van der Waals surface area (Å²) in [5.74, 6) is 0.155. The molecule has 2 aromatic rings. The van der Waals surface area contributed by atoms with Crippen LogP contribution in [0.1, 0.15) is 29.4 Å². The van der Waals surface area contributed by atoms with Gasteiger partial charge in [0.05, 0.1) is 5.56 Å².